The van der Waals surface area contributed by atoms with Gasteiger partial charge >= 0.3 is 11.8 Å². The van der Waals surface area contributed by atoms with Gasteiger partial charge in [0.1, 0.15) is 17.2 Å². The summed E-state index contributed by atoms with van der Waals surface area (Å²) in [6.45, 7) is 8.83. The van der Waals surface area contributed by atoms with Crippen LogP contribution in [-0.2, 0) is 16.0 Å². The molecular formula is C35H40FN5O6. The summed E-state index contributed by atoms with van der Waals surface area (Å²) >= 11 is 0. The summed E-state index contributed by atoms with van der Waals surface area (Å²) in [5, 5.41) is 13.2. The third-order valence-electron chi connectivity index (χ3n) is 8.68. The van der Waals surface area contributed by atoms with E-state index in [1.807, 2.05) is 24.3 Å². The number of rotatable bonds is 6. The molecule has 2 aromatic carbocycles. The third kappa shape index (κ3) is 7.23. The molecule has 0 radical (unpaired) electrons. The molecule has 6 rings (SSSR count). The highest BCUT2D eigenvalue weighted by atomic mass is 19.1. The van der Waals surface area contributed by atoms with E-state index in [4.69, 9.17) is 9.47 Å². The number of carbonyl (C=O) groups is 1. The largest absolute Gasteiger partial charge is 0.508 e. The Labute approximate surface area is 271 Å². The molecular weight excluding hydrogens is 605 g/mol. The number of phenolic OH excluding ortho intramolecular Hbond substituents is 1. The lowest BCUT2D eigenvalue weighted by atomic mass is 9.91. The molecule has 2 aliphatic rings. The molecule has 0 unspecified atom stereocenters. The maximum atomic E-state index is 14.5. The molecule has 0 spiro atoms. The van der Waals surface area contributed by atoms with Crippen molar-refractivity contribution in [1.29, 1.82) is 0 Å². The van der Waals surface area contributed by atoms with Crippen molar-refractivity contribution in [3.8, 4) is 22.6 Å². The number of pyridine rings is 1. The number of alkyl carbamates (subject to hydrolysis) is 1. The standard InChI is InChI=1S/C35H40FN5O6/c1-35(2,3)47-33(44)38-25-7-9-26(10-8-25)41-32(43)30-19-24(36)20-37-31(30)40(34(41)45)27-6-4-5-22(17-27)29-12-11-28(42)18-23(29)21-39-13-15-46-16-14-39/h4-6,11-12,17-20,25-26,42H,7-10,13-16,21H2,1-3H3,(H,38,44)/t25-,26+. The molecule has 0 atom stereocenters. The van der Waals surface area contributed by atoms with Gasteiger partial charge in [0.2, 0.25) is 0 Å². The van der Waals surface area contributed by atoms with Crippen molar-refractivity contribution in [2.75, 3.05) is 26.3 Å². The van der Waals surface area contributed by atoms with Crippen molar-refractivity contribution in [3.05, 3.63) is 86.9 Å². The Balaban J connectivity index is 1.37. The summed E-state index contributed by atoms with van der Waals surface area (Å²) in [7, 11) is 0. The Bertz CT molecular complexity index is 1900. The quantitative estimate of drug-likeness (QED) is 0.303. The molecule has 1 saturated carbocycles. The van der Waals surface area contributed by atoms with E-state index in [2.05, 4.69) is 15.2 Å². The molecule has 1 amide bonds. The van der Waals surface area contributed by atoms with Crippen LogP contribution in [0, 0.1) is 5.82 Å². The van der Waals surface area contributed by atoms with E-state index in [0.29, 0.717) is 51.1 Å². The Hall–Kier alpha value is -4.55. The first-order valence-corrected chi connectivity index (χ1v) is 16.0. The van der Waals surface area contributed by atoms with Crippen LogP contribution >= 0.6 is 0 Å². The van der Waals surface area contributed by atoms with Gasteiger partial charge in [0, 0.05) is 31.7 Å². The molecule has 1 aliphatic heterocycles. The molecule has 2 fully saturated rings. The van der Waals surface area contributed by atoms with E-state index in [1.54, 1.807) is 39.0 Å². The van der Waals surface area contributed by atoms with Gasteiger partial charge in [-0.25, -0.2) is 23.5 Å². The van der Waals surface area contributed by atoms with Crippen LogP contribution in [0.25, 0.3) is 27.8 Å². The molecule has 1 aliphatic carbocycles. The van der Waals surface area contributed by atoms with Crippen molar-refractivity contribution in [2.45, 2.75) is 70.7 Å². The maximum Gasteiger partial charge on any atom is 0.407 e. The molecule has 12 heteroatoms. The Morgan fingerprint density at radius 1 is 1.06 bits per heavy atom. The van der Waals surface area contributed by atoms with Crippen LogP contribution in [0.5, 0.6) is 5.75 Å². The van der Waals surface area contributed by atoms with E-state index >= 15 is 0 Å². The number of hydrogen-bond donors (Lipinski definition) is 2. The minimum atomic E-state index is -0.679. The zero-order valence-electron chi connectivity index (χ0n) is 26.9. The average Bonchev–Trinajstić information content (AvgIpc) is 3.02. The Morgan fingerprint density at radius 3 is 2.53 bits per heavy atom. The number of hydrogen-bond acceptors (Lipinski definition) is 8. The average molecular weight is 646 g/mol. The highest BCUT2D eigenvalue weighted by molar-refractivity contribution is 5.77. The van der Waals surface area contributed by atoms with Gasteiger partial charge in [-0.05, 0) is 93.5 Å². The first-order chi connectivity index (χ1) is 22.5. The highest BCUT2D eigenvalue weighted by Gasteiger charge is 2.29. The van der Waals surface area contributed by atoms with Gasteiger partial charge in [-0.3, -0.25) is 14.3 Å². The van der Waals surface area contributed by atoms with Crippen LogP contribution in [0.2, 0.25) is 0 Å². The van der Waals surface area contributed by atoms with Crippen LogP contribution in [0.3, 0.4) is 0 Å². The fourth-order valence-corrected chi connectivity index (χ4v) is 6.50. The van der Waals surface area contributed by atoms with E-state index in [0.717, 1.165) is 42.0 Å². The second kappa shape index (κ2) is 13.3. The zero-order valence-corrected chi connectivity index (χ0v) is 26.9. The lowest BCUT2D eigenvalue weighted by molar-refractivity contribution is 0.0342. The number of fused-ring (bicyclic) bond motifs is 1. The van der Waals surface area contributed by atoms with Gasteiger partial charge < -0.3 is 19.9 Å². The first kappa shape index (κ1) is 32.4. The molecule has 2 aromatic heterocycles. The summed E-state index contributed by atoms with van der Waals surface area (Å²) in [4.78, 5) is 46.8. The second-order valence-electron chi connectivity index (χ2n) is 13.2. The lowest BCUT2D eigenvalue weighted by Crippen LogP contribution is -2.45. The van der Waals surface area contributed by atoms with Crippen LogP contribution in [0.1, 0.15) is 58.1 Å². The maximum absolute atomic E-state index is 14.5. The molecule has 2 N–H and O–H groups in total. The van der Waals surface area contributed by atoms with Gasteiger partial charge in [0.15, 0.2) is 5.65 Å². The van der Waals surface area contributed by atoms with Gasteiger partial charge in [-0.15, -0.1) is 0 Å². The number of nitrogens with zero attached hydrogens (tertiary/aromatic N) is 4. The lowest BCUT2D eigenvalue weighted by Gasteiger charge is -2.31. The summed E-state index contributed by atoms with van der Waals surface area (Å²) in [5.74, 6) is -0.521. The van der Waals surface area contributed by atoms with Crippen molar-refractivity contribution in [2.24, 2.45) is 0 Å². The van der Waals surface area contributed by atoms with E-state index < -0.39 is 34.8 Å². The summed E-state index contributed by atoms with van der Waals surface area (Å²) in [5.41, 5.74) is 1.35. The van der Waals surface area contributed by atoms with Crippen LogP contribution in [0.4, 0.5) is 9.18 Å². The number of benzene rings is 2. The number of nitrogens with one attached hydrogen (secondary N) is 1. The number of ether oxygens (including phenoxy) is 2. The number of aromatic nitrogens is 3. The summed E-state index contributed by atoms with van der Waals surface area (Å²) in [6, 6.07) is 13.1. The number of carbonyl (C=O) groups excluding carboxylic acids is 1. The van der Waals surface area contributed by atoms with Crippen LogP contribution in [-0.4, -0.2) is 68.2 Å². The minimum Gasteiger partial charge on any atom is -0.508 e. The molecule has 11 nitrogen and oxygen atoms in total. The third-order valence-corrected chi connectivity index (χ3v) is 8.68. The van der Waals surface area contributed by atoms with E-state index in [9.17, 15) is 23.9 Å². The van der Waals surface area contributed by atoms with Crippen molar-refractivity contribution in [3.63, 3.8) is 0 Å². The highest BCUT2D eigenvalue weighted by Crippen LogP contribution is 2.31. The summed E-state index contributed by atoms with van der Waals surface area (Å²) < 4.78 is 27.9. The fraction of sp³-hybridized carbons (Fsp3) is 0.429. The molecule has 4 aromatic rings. The van der Waals surface area contributed by atoms with Crippen LogP contribution < -0.4 is 16.6 Å². The van der Waals surface area contributed by atoms with E-state index in [1.165, 1.54) is 9.13 Å². The van der Waals surface area contributed by atoms with Crippen LogP contribution in [0.15, 0.2) is 64.3 Å². The molecule has 248 valence electrons. The van der Waals surface area contributed by atoms with Crippen molar-refractivity contribution in [1.82, 2.24) is 24.3 Å². The van der Waals surface area contributed by atoms with E-state index in [-0.39, 0.29) is 22.8 Å². The molecule has 3 heterocycles. The monoisotopic (exact) mass is 645 g/mol. The number of halogens is 1. The number of aromatic hydroxyl groups is 1. The topological polar surface area (TPSA) is 128 Å². The Kier molecular flexibility index (Phi) is 9.16. The molecule has 1 saturated heterocycles. The number of amides is 1. The molecule has 47 heavy (non-hydrogen) atoms. The SMILES string of the molecule is CC(C)(C)OC(=O)N[C@H]1CC[C@@H](n2c(=O)c3cc(F)cnc3n(-c3cccc(-c4ccc(O)cc4CN4CCOCC4)c3)c2=O)CC1. The first-order valence-electron chi connectivity index (χ1n) is 16.0. The summed E-state index contributed by atoms with van der Waals surface area (Å²) in [6.07, 6.45) is 2.49. The van der Waals surface area contributed by atoms with Crippen molar-refractivity contribution >= 4 is 17.1 Å². The minimum absolute atomic E-state index is 0.00152. The van der Waals surface area contributed by atoms with Gasteiger partial charge in [0.25, 0.3) is 5.56 Å². The number of morpholine rings is 1. The molecule has 0 bridgehead atoms. The van der Waals surface area contributed by atoms with Gasteiger partial charge in [-0.2, -0.15) is 0 Å². The Morgan fingerprint density at radius 2 is 1.81 bits per heavy atom. The van der Waals surface area contributed by atoms with Gasteiger partial charge in [0.05, 0.1) is 30.5 Å². The number of phenols is 1. The fourth-order valence-electron chi connectivity index (χ4n) is 6.50. The van der Waals surface area contributed by atoms with Gasteiger partial charge in [-0.1, -0.05) is 18.2 Å². The normalized spacial score (nSPS) is 19.1. The smallest absolute Gasteiger partial charge is 0.407 e. The predicted molar refractivity (Wildman–Crippen MR) is 175 cm³/mol. The predicted octanol–water partition coefficient (Wildman–Crippen LogP) is 4.90. The van der Waals surface area contributed by atoms with Crippen molar-refractivity contribution < 1.29 is 23.8 Å². The zero-order chi connectivity index (χ0) is 33.3. The second-order valence-corrected chi connectivity index (χ2v) is 13.2.